The van der Waals surface area contributed by atoms with E-state index >= 15 is 0 Å². The zero-order valence-corrected chi connectivity index (χ0v) is 10.3. The first-order chi connectivity index (χ1) is 8.87. The molecule has 6 heteroatoms. The van der Waals surface area contributed by atoms with E-state index in [1.54, 1.807) is 12.1 Å². The first-order valence-corrected chi connectivity index (χ1v) is 6.07. The number of hydrogen-bond donors (Lipinski definition) is 1. The van der Waals surface area contributed by atoms with Crippen LogP contribution < -0.4 is 5.73 Å². The van der Waals surface area contributed by atoms with Gasteiger partial charge in [0, 0.05) is 25.2 Å². The number of anilines is 1. The Balaban J connectivity index is 2.00. The van der Waals surface area contributed by atoms with E-state index in [4.69, 9.17) is 5.73 Å². The third-order valence-corrected chi connectivity index (χ3v) is 3.28. The molecule has 3 nitrogen and oxygen atoms in total. The molecule has 1 aromatic rings. The summed E-state index contributed by atoms with van der Waals surface area (Å²) in [5, 5.41) is 0. The predicted molar refractivity (Wildman–Crippen MR) is 65.3 cm³/mol. The number of halogens is 3. The molecule has 2 rings (SSSR count). The fourth-order valence-electron chi connectivity index (χ4n) is 2.26. The van der Waals surface area contributed by atoms with Crippen molar-refractivity contribution in [1.82, 2.24) is 4.90 Å². The molecule has 19 heavy (non-hydrogen) atoms. The van der Waals surface area contributed by atoms with E-state index in [1.165, 1.54) is 4.90 Å². The highest BCUT2D eigenvalue weighted by Gasteiger charge is 2.30. The van der Waals surface area contributed by atoms with Crippen LogP contribution in [0, 0.1) is 0 Å². The van der Waals surface area contributed by atoms with Gasteiger partial charge in [0.15, 0.2) is 0 Å². The molecule has 2 N–H and O–H groups in total. The van der Waals surface area contributed by atoms with E-state index in [1.807, 2.05) is 6.07 Å². The fourth-order valence-corrected chi connectivity index (χ4v) is 2.26. The molecule has 0 atom stereocenters. The number of amides is 1. The number of rotatable bonds is 2. The number of fused-ring (bicyclic) bond motifs is 1. The third-order valence-electron chi connectivity index (χ3n) is 3.28. The second-order valence-electron chi connectivity index (χ2n) is 4.67. The summed E-state index contributed by atoms with van der Waals surface area (Å²) in [5.41, 5.74) is 8.43. The maximum atomic E-state index is 12.1. The lowest BCUT2D eigenvalue weighted by molar-refractivity contribution is -0.149. The topological polar surface area (TPSA) is 46.3 Å². The summed E-state index contributed by atoms with van der Waals surface area (Å²) in [5.74, 6) is -0.453. The molecule has 0 unspecified atom stereocenters. The maximum Gasteiger partial charge on any atom is 0.389 e. The largest absolute Gasteiger partial charge is 0.398 e. The second-order valence-corrected chi connectivity index (χ2v) is 4.67. The van der Waals surface area contributed by atoms with Gasteiger partial charge in [-0.3, -0.25) is 4.79 Å². The van der Waals surface area contributed by atoms with Crippen LogP contribution in [0.2, 0.25) is 0 Å². The van der Waals surface area contributed by atoms with Gasteiger partial charge in [-0.1, -0.05) is 12.1 Å². The third kappa shape index (κ3) is 3.39. The van der Waals surface area contributed by atoms with Crippen LogP contribution in [0.25, 0.3) is 0 Å². The van der Waals surface area contributed by atoms with E-state index < -0.39 is 24.9 Å². The molecule has 0 bridgehead atoms. The van der Waals surface area contributed by atoms with Crippen LogP contribution in [-0.4, -0.2) is 23.5 Å². The average Bonchev–Trinajstić information content (AvgIpc) is 2.35. The number of nitrogens with two attached hydrogens (primary N) is 1. The van der Waals surface area contributed by atoms with E-state index in [9.17, 15) is 18.0 Å². The maximum absolute atomic E-state index is 12.1. The van der Waals surface area contributed by atoms with Crippen LogP contribution in [0.1, 0.15) is 24.0 Å². The van der Waals surface area contributed by atoms with Crippen LogP contribution in [0.15, 0.2) is 18.2 Å². The fraction of sp³-hybridized carbons (Fsp3) is 0.462. The van der Waals surface area contributed by atoms with Gasteiger partial charge >= 0.3 is 6.18 Å². The molecule has 1 aromatic carbocycles. The van der Waals surface area contributed by atoms with Crippen molar-refractivity contribution in [1.29, 1.82) is 0 Å². The average molecular weight is 272 g/mol. The van der Waals surface area contributed by atoms with Gasteiger partial charge in [0.05, 0.1) is 6.42 Å². The summed E-state index contributed by atoms with van der Waals surface area (Å²) in [7, 11) is 0. The van der Waals surface area contributed by atoms with Gasteiger partial charge in [0.1, 0.15) is 0 Å². The van der Waals surface area contributed by atoms with Gasteiger partial charge in [0.25, 0.3) is 0 Å². The lowest BCUT2D eigenvalue weighted by atomic mass is 9.98. The summed E-state index contributed by atoms with van der Waals surface area (Å²) >= 11 is 0. The Morgan fingerprint density at radius 3 is 2.79 bits per heavy atom. The first kappa shape index (κ1) is 13.7. The molecule has 104 valence electrons. The van der Waals surface area contributed by atoms with Gasteiger partial charge in [-0.15, -0.1) is 0 Å². The number of alkyl halides is 3. The minimum Gasteiger partial charge on any atom is -0.398 e. The van der Waals surface area contributed by atoms with E-state index in [-0.39, 0.29) is 0 Å². The van der Waals surface area contributed by atoms with E-state index in [2.05, 4.69) is 0 Å². The summed E-state index contributed by atoms with van der Waals surface area (Å²) in [4.78, 5) is 13.2. The SMILES string of the molecule is Nc1cccc2c1CCN(C(=O)CCC(F)(F)F)C2. The van der Waals surface area contributed by atoms with Crippen LogP contribution in [0.3, 0.4) is 0 Å². The Kier molecular flexibility index (Phi) is 3.68. The van der Waals surface area contributed by atoms with Crippen molar-refractivity contribution in [2.45, 2.75) is 32.0 Å². The Morgan fingerprint density at radius 1 is 1.37 bits per heavy atom. The molecular weight excluding hydrogens is 257 g/mol. The zero-order valence-electron chi connectivity index (χ0n) is 10.3. The Hall–Kier alpha value is -1.72. The Bertz CT molecular complexity index is 485. The highest BCUT2D eigenvalue weighted by molar-refractivity contribution is 5.76. The predicted octanol–water partition coefficient (Wildman–Crippen LogP) is 2.50. The van der Waals surface area contributed by atoms with Gasteiger partial charge in [-0.2, -0.15) is 13.2 Å². The number of carbonyl (C=O) groups excluding carboxylic acids is 1. The van der Waals surface area contributed by atoms with Crippen molar-refractivity contribution in [3.8, 4) is 0 Å². The van der Waals surface area contributed by atoms with Gasteiger partial charge in [-0.25, -0.2) is 0 Å². The van der Waals surface area contributed by atoms with Crippen molar-refractivity contribution in [2.75, 3.05) is 12.3 Å². The van der Waals surface area contributed by atoms with Crippen molar-refractivity contribution in [3.63, 3.8) is 0 Å². The molecule has 1 heterocycles. The molecule has 0 spiro atoms. The standard InChI is InChI=1S/C13H15F3N2O/c14-13(15,16)6-4-12(19)18-7-5-10-9(8-18)2-1-3-11(10)17/h1-3H,4-8,17H2. The summed E-state index contributed by atoms with van der Waals surface area (Å²) in [6.07, 6.45) is -5.24. The van der Waals surface area contributed by atoms with Crippen LogP contribution in [0.5, 0.6) is 0 Å². The highest BCUT2D eigenvalue weighted by atomic mass is 19.4. The molecule has 0 saturated carbocycles. The second kappa shape index (κ2) is 5.11. The molecule has 0 radical (unpaired) electrons. The lowest BCUT2D eigenvalue weighted by Gasteiger charge is -2.29. The van der Waals surface area contributed by atoms with Crippen molar-refractivity contribution < 1.29 is 18.0 Å². The number of benzene rings is 1. The molecule has 0 fully saturated rings. The normalized spacial score (nSPS) is 15.2. The minimum absolute atomic E-state index is 0.344. The van der Waals surface area contributed by atoms with Gasteiger partial charge < -0.3 is 10.6 Å². The van der Waals surface area contributed by atoms with Crippen LogP contribution >= 0.6 is 0 Å². The molecule has 1 aliphatic rings. The Labute approximate surface area is 109 Å². The summed E-state index contributed by atoms with van der Waals surface area (Å²) < 4.78 is 36.3. The number of carbonyl (C=O) groups is 1. The molecule has 1 amide bonds. The number of nitrogen functional groups attached to an aromatic ring is 1. The van der Waals surface area contributed by atoms with E-state index in [0.717, 1.165) is 11.1 Å². The highest BCUT2D eigenvalue weighted by Crippen LogP contribution is 2.26. The molecule has 1 aliphatic heterocycles. The zero-order chi connectivity index (χ0) is 14.0. The van der Waals surface area contributed by atoms with Crippen LogP contribution in [-0.2, 0) is 17.8 Å². The molecule has 0 aromatic heterocycles. The smallest absolute Gasteiger partial charge is 0.389 e. The Morgan fingerprint density at radius 2 is 2.11 bits per heavy atom. The molecule has 0 saturated heterocycles. The van der Waals surface area contributed by atoms with E-state index in [0.29, 0.717) is 25.2 Å². The van der Waals surface area contributed by atoms with Gasteiger partial charge in [-0.05, 0) is 23.6 Å². The van der Waals surface area contributed by atoms with Crippen molar-refractivity contribution in [2.24, 2.45) is 0 Å². The van der Waals surface area contributed by atoms with Crippen LogP contribution in [0.4, 0.5) is 18.9 Å². The number of nitrogens with zero attached hydrogens (tertiary/aromatic N) is 1. The summed E-state index contributed by atoms with van der Waals surface area (Å²) in [6.45, 7) is 0.773. The van der Waals surface area contributed by atoms with Gasteiger partial charge in [0.2, 0.25) is 5.91 Å². The monoisotopic (exact) mass is 272 g/mol. The first-order valence-electron chi connectivity index (χ1n) is 6.07. The summed E-state index contributed by atoms with van der Waals surface area (Å²) in [6, 6.07) is 5.44. The number of hydrogen-bond acceptors (Lipinski definition) is 2. The van der Waals surface area contributed by atoms with Crippen molar-refractivity contribution in [3.05, 3.63) is 29.3 Å². The molecular formula is C13H15F3N2O. The van der Waals surface area contributed by atoms with Crippen molar-refractivity contribution >= 4 is 11.6 Å². The lowest BCUT2D eigenvalue weighted by Crippen LogP contribution is -2.36. The molecule has 0 aliphatic carbocycles. The quantitative estimate of drug-likeness (QED) is 0.841. The minimum atomic E-state index is -4.28.